The van der Waals surface area contributed by atoms with Crippen molar-refractivity contribution in [3.05, 3.63) is 40.9 Å². The first kappa shape index (κ1) is 12.6. The summed E-state index contributed by atoms with van der Waals surface area (Å²) in [6.07, 6.45) is 1.70. The number of benzene rings is 1. The van der Waals surface area contributed by atoms with E-state index in [9.17, 15) is 4.79 Å². The number of carbonyl (C=O) groups excluding carboxylic acids is 1. The quantitative estimate of drug-likeness (QED) is 0.889. The Balaban J connectivity index is 1.90. The number of hydrogen-bond donors (Lipinski definition) is 2. The van der Waals surface area contributed by atoms with Crippen molar-refractivity contribution in [2.24, 2.45) is 0 Å². The molecule has 0 atom stereocenters. The van der Waals surface area contributed by atoms with Crippen LogP contribution in [0.4, 0.5) is 10.8 Å². The summed E-state index contributed by atoms with van der Waals surface area (Å²) < 4.78 is 0. The number of amides is 1. The highest BCUT2D eigenvalue weighted by atomic mass is 32.1. The number of aromatic nitrogens is 1. The molecule has 1 aromatic heterocycles. The van der Waals surface area contributed by atoms with E-state index < -0.39 is 0 Å². The van der Waals surface area contributed by atoms with Crippen LogP contribution in [0.1, 0.15) is 11.1 Å². The highest BCUT2D eigenvalue weighted by Gasteiger charge is 2.04. The summed E-state index contributed by atoms with van der Waals surface area (Å²) in [5.41, 5.74) is 3.11. The molecule has 0 aliphatic heterocycles. The van der Waals surface area contributed by atoms with E-state index in [4.69, 9.17) is 0 Å². The van der Waals surface area contributed by atoms with Crippen molar-refractivity contribution in [2.75, 3.05) is 17.2 Å². The SMILES string of the molecule is Cc1cc(C)cc(NC(=O)CNc2nccs2)c1. The van der Waals surface area contributed by atoms with Gasteiger partial charge in [0.1, 0.15) is 0 Å². The summed E-state index contributed by atoms with van der Waals surface area (Å²) in [4.78, 5) is 15.8. The van der Waals surface area contributed by atoms with Crippen LogP contribution < -0.4 is 10.6 Å². The first-order valence-electron chi connectivity index (χ1n) is 5.65. The average molecular weight is 261 g/mol. The zero-order chi connectivity index (χ0) is 13.0. The fraction of sp³-hybridized carbons (Fsp3) is 0.231. The Bertz CT molecular complexity index is 517. The second-order valence-corrected chi connectivity index (χ2v) is 5.01. The predicted molar refractivity (Wildman–Crippen MR) is 75.1 cm³/mol. The molecule has 2 rings (SSSR count). The monoisotopic (exact) mass is 261 g/mol. The lowest BCUT2D eigenvalue weighted by atomic mass is 10.1. The largest absolute Gasteiger partial charge is 0.352 e. The molecule has 1 aromatic carbocycles. The van der Waals surface area contributed by atoms with Crippen molar-refractivity contribution in [1.82, 2.24) is 4.98 Å². The molecule has 0 radical (unpaired) electrons. The van der Waals surface area contributed by atoms with Gasteiger partial charge in [0.15, 0.2) is 5.13 Å². The summed E-state index contributed by atoms with van der Waals surface area (Å²) in [6.45, 7) is 4.24. The molecule has 4 nitrogen and oxygen atoms in total. The van der Waals surface area contributed by atoms with E-state index in [-0.39, 0.29) is 12.5 Å². The standard InChI is InChI=1S/C13H15N3OS/c1-9-5-10(2)7-11(6-9)16-12(17)8-15-13-14-3-4-18-13/h3-7H,8H2,1-2H3,(H,14,15)(H,16,17). The van der Waals surface area contributed by atoms with Crippen molar-refractivity contribution in [1.29, 1.82) is 0 Å². The van der Waals surface area contributed by atoms with Crippen molar-refractivity contribution in [3.8, 4) is 0 Å². The molecule has 94 valence electrons. The van der Waals surface area contributed by atoms with Gasteiger partial charge in [-0.05, 0) is 37.1 Å². The smallest absolute Gasteiger partial charge is 0.243 e. The maximum atomic E-state index is 11.7. The van der Waals surface area contributed by atoms with Crippen molar-refractivity contribution in [2.45, 2.75) is 13.8 Å². The fourth-order valence-corrected chi connectivity index (χ4v) is 2.25. The third-order valence-corrected chi connectivity index (χ3v) is 3.07. The van der Waals surface area contributed by atoms with Gasteiger partial charge in [0.2, 0.25) is 5.91 Å². The Labute approximate surface area is 110 Å². The molecule has 18 heavy (non-hydrogen) atoms. The number of rotatable bonds is 4. The van der Waals surface area contributed by atoms with Crippen LogP contribution in [-0.2, 0) is 4.79 Å². The molecule has 2 aromatic rings. The second-order valence-electron chi connectivity index (χ2n) is 4.12. The lowest BCUT2D eigenvalue weighted by Gasteiger charge is -2.07. The van der Waals surface area contributed by atoms with Crippen LogP contribution in [0.3, 0.4) is 0 Å². The van der Waals surface area contributed by atoms with Gasteiger partial charge >= 0.3 is 0 Å². The van der Waals surface area contributed by atoms with E-state index in [1.165, 1.54) is 11.3 Å². The lowest BCUT2D eigenvalue weighted by Crippen LogP contribution is -2.21. The Morgan fingerprint density at radius 1 is 1.28 bits per heavy atom. The average Bonchev–Trinajstić information content (AvgIpc) is 2.77. The van der Waals surface area contributed by atoms with Gasteiger partial charge in [-0.25, -0.2) is 4.98 Å². The number of thiazole rings is 1. The topological polar surface area (TPSA) is 54.0 Å². The minimum Gasteiger partial charge on any atom is -0.352 e. The number of aryl methyl sites for hydroxylation is 2. The molecule has 0 bridgehead atoms. The Morgan fingerprint density at radius 3 is 2.61 bits per heavy atom. The van der Waals surface area contributed by atoms with Gasteiger partial charge in [0.05, 0.1) is 6.54 Å². The van der Waals surface area contributed by atoms with Crippen LogP contribution in [0, 0.1) is 13.8 Å². The highest BCUT2D eigenvalue weighted by Crippen LogP contribution is 2.14. The first-order chi connectivity index (χ1) is 8.63. The highest BCUT2D eigenvalue weighted by molar-refractivity contribution is 7.13. The number of nitrogens with one attached hydrogen (secondary N) is 2. The van der Waals surface area contributed by atoms with E-state index >= 15 is 0 Å². The summed E-state index contributed by atoms with van der Waals surface area (Å²) in [6, 6.07) is 5.98. The number of nitrogens with zero attached hydrogens (tertiary/aromatic N) is 1. The Morgan fingerprint density at radius 2 is 2.00 bits per heavy atom. The summed E-state index contributed by atoms with van der Waals surface area (Å²) in [5, 5.41) is 8.45. The predicted octanol–water partition coefficient (Wildman–Crippen LogP) is 2.81. The fourth-order valence-electron chi connectivity index (χ4n) is 1.72. The number of anilines is 2. The van der Waals surface area contributed by atoms with Crippen molar-refractivity contribution < 1.29 is 4.79 Å². The van der Waals surface area contributed by atoms with E-state index in [1.807, 2.05) is 31.4 Å². The van der Waals surface area contributed by atoms with E-state index in [2.05, 4.69) is 21.7 Å². The zero-order valence-electron chi connectivity index (χ0n) is 10.4. The summed E-state index contributed by atoms with van der Waals surface area (Å²) in [7, 11) is 0. The minimum absolute atomic E-state index is 0.0739. The molecule has 0 saturated heterocycles. The maximum absolute atomic E-state index is 11.7. The normalized spacial score (nSPS) is 10.1. The molecule has 2 N–H and O–H groups in total. The van der Waals surface area contributed by atoms with Crippen LogP contribution in [-0.4, -0.2) is 17.4 Å². The van der Waals surface area contributed by atoms with Crippen LogP contribution >= 0.6 is 11.3 Å². The molecular weight excluding hydrogens is 246 g/mol. The van der Waals surface area contributed by atoms with Crippen molar-refractivity contribution >= 4 is 28.1 Å². The minimum atomic E-state index is -0.0739. The molecule has 5 heteroatoms. The van der Waals surface area contributed by atoms with Crippen molar-refractivity contribution in [3.63, 3.8) is 0 Å². The molecule has 0 spiro atoms. The molecular formula is C13H15N3OS. The molecule has 0 fully saturated rings. The number of hydrogen-bond acceptors (Lipinski definition) is 4. The Kier molecular flexibility index (Phi) is 3.94. The van der Waals surface area contributed by atoms with Gasteiger partial charge in [-0.3, -0.25) is 4.79 Å². The molecule has 1 amide bonds. The Hall–Kier alpha value is -1.88. The lowest BCUT2D eigenvalue weighted by molar-refractivity contribution is -0.114. The maximum Gasteiger partial charge on any atom is 0.243 e. The van der Waals surface area contributed by atoms with Crippen LogP contribution in [0.2, 0.25) is 0 Å². The van der Waals surface area contributed by atoms with Gasteiger partial charge in [0.25, 0.3) is 0 Å². The van der Waals surface area contributed by atoms with Gasteiger partial charge in [-0.2, -0.15) is 0 Å². The summed E-state index contributed by atoms with van der Waals surface area (Å²) >= 11 is 1.47. The molecule has 1 heterocycles. The van der Waals surface area contributed by atoms with Gasteiger partial charge in [0, 0.05) is 17.3 Å². The first-order valence-corrected chi connectivity index (χ1v) is 6.53. The van der Waals surface area contributed by atoms with Crippen LogP contribution in [0.15, 0.2) is 29.8 Å². The third kappa shape index (κ3) is 3.56. The van der Waals surface area contributed by atoms with Crippen LogP contribution in [0.5, 0.6) is 0 Å². The van der Waals surface area contributed by atoms with Gasteiger partial charge in [-0.1, -0.05) is 6.07 Å². The van der Waals surface area contributed by atoms with Crippen LogP contribution in [0.25, 0.3) is 0 Å². The molecule has 0 unspecified atom stereocenters. The van der Waals surface area contributed by atoms with Gasteiger partial charge < -0.3 is 10.6 Å². The molecule has 0 saturated carbocycles. The second kappa shape index (κ2) is 5.64. The van der Waals surface area contributed by atoms with E-state index in [0.717, 1.165) is 21.9 Å². The summed E-state index contributed by atoms with van der Waals surface area (Å²) in [5.74, 6) is -0.0739. The molecule has 0 aliphatic rings. The molecule has 0 aliphatic carbocycles. The zero-order valence-corrected chi connectivity index (χ0v) is 11.2. The van der Waals surface area contributed by atoms with Gasteiger partial charge in [-0.15, -0.1) is 11.3 Å². The third-order valence-electron chi connectivity index (χ3n) is 2.34. The number of carbonyl (C=O) groups is 1. The van der Waals surface area contributed by atoms with E-state index in [1.54, 1.807) is 6.20 Å². The van der Waals surface area contributed by atoms with E-state index in [0.29, 0.717) is 0 Å².